The summed E-state index contributed by atoms with van der Waals surface area (Å²) in [5.41, 5.74) is 6.94. The van der Waals surface area contributed by atoms with Crippen LogP contribution in [-0.4, -0.2) is 28.5 Å². The Labute approximate surface area is 165 Å². The van der Waals surface area contributed by atoms with E-state index in [1.54, 1.807) is 6.07 Å². The van der Waals surface area contributed by atoms with Gasteiger partial charge in [-0.15, -0.1) is 0 Å². The molecule has 1 aromatic carbocycles. The second-order valence-corrected chi connectivity index (χ2v) is 9.08. The van der Waals surface area contributed by atoms with Gasteiger partial charge in [0, 0.05) is 5.54 Å². The van der Waals surface area contributed by atoms with Gasteiger partial charge in [-0.2, -0.15) is 0 Å². The molecule has 1 aromatic rings. The summed E-state index contributed by atoms with van der Waals surface area (Å²) >= 11 is 0. The van der Waals surface area contributed by atoms with Crippen molar-refractivity contribution in [3.63, 3.8) is 0 Å². The average molecular weight is 378 g/mol. The molecule has 1 unspecified atom stereocenters. The minimum atomic E-state index is -0.513. The topological polar surface area (TPSA) is 75.7 Å². The lowest BCUT2D eigenvalue weighted by Gasteiger charge is -2.35. The Kier molecular flexibility index (Phi) is 8.43. The molecule has 0 aliphatic heterocycles. The fourth-order valence-electron chi connectivity index (χ4n) is 3.82. The van der Waals surface area contributed by atoms with Gasteiger partial charge in [0.1, 0.15) is 0 Å². The monoisotopic (exact) mass is 377 g/mol. The molecule has 1 aliphatic carbocycles. The molecule has 0 radical (unpaired) electrons. The van der Waals surface area contributed by atoms with Crippen LogP contribution in [0.1, 0.15) is 77.7 Å². The van der Waals surface area contributed by atoms with Crippen LogP contribution in [0.2, 0.25) is 0 Å². The first kappa shape index (κ1) is 22.0. The molecule has 0 amide bonds. The molecule has 0 aromatic heterocycles. The first-order valence-corrected chi connectivity index (χ1v) is 10.7. The Hall–Kier alpha value is -1.26. The molecule has 27 heavy (non-hydrogen) atoms. The maximum absolute atomic E-state index is 10.3. The van der Waals surface area contributed by atoms with E-state index in [0.717, 1.165) is 37.7 Å². The summed E-state index contributed by atoms with van der Waals surface area (Å²) in [6.45, 7) is 6.53. The summed E-state index contributed by atoms with van der Waals surface area (Å²) in [6, 6.07) is 5.63. The van der Waals surface area contributed by atoms with Crippen molar-refractivity contribution in [2.45, 2.75) is 90.2 Å². The molecule has 0 heterocycles. The number of rotatable bonds is 12. The number of aromatic hydroxyl groups is 1. The van der Waals surface area contributed by atoms with Crippen molar-refractivity contribution in [2.75, 3.05) is 6.61 Å². The number of nitrogens with two attached hydrogens (primary N) is 1. The lowest BCUT2D eigenvalue weighted by molar-refractivity contribution is 0.135. The van der Waals surface area contributed by atoms with Crippen LogP contribution in [0.5, 0.6) is 11.5 Å². The molecule has 0 bridgehead atoms. The van der Waals surface area contributed by atoms with Crippen LogP contribution in [0, 0.1) is 11.8 Å². The van der Waals surface area contributed by atoms with E-state index in [9.17, 15) is 10.2 Å². The number of hydrogen-bond acceptors (Lipinski definition) is 4. The van der Waals surface area contributed by atoms with Crippen molar-refractivity contribution in [1.82, 2.24) is 0 Å². The molecule has 4 nitrogen and oxygen atoms in total. The van der Waals surface area contributed by atoms with Crippen LogP contribution in [0.4, 0.5) is 0 Å². The van der Waals surface area contributed by atoms with E-state index >= 15 is 0 Å². The molecule has 2 atom stereocenters. The quantitative estimate of drug-likeness (QED) is 0.489. The van der Waals surface area contributed by atoms with Crippen molar-refractivity contribution >= 4 is 0 Å². The van der Waals surface area contributed by atoms with Gasteiger partial charge in [0.15, 0.2) is 11.5 Å². The number of ether oxygens (including phenoxy) is 1. The Balaban J connectivity index is 1.84. The molecule has 4 heteroatoms. The van der Waals surface area contributed by atoms with Gasteiger partial charge < -0.3 is 20.7 Å². The zero-order valence-corrected chi connectivity index (χ0v) is 17.4. The van der Waals surface area contributed by atoms with E-state index in [1.807, 2.05) is 12.1 Å². The van der Waals surface area contributed by atoms with E-state index in [4.69, 9.17) is 10.5 Å². The Morgan fingerprint density at radius 2 is 1.96 bits per heavy atom. The highest BCUT2D eigenvalue weighted by atomic mass is 16.5. The summed E-state index contributed by atoms with van der Waals surface area (Å²) in [7, 11) is 0. The molecule has 1 saturated carbocycles. The minimum absolute atomic E-state index is 0.0184. The van der Waals surface area contributed by atoms with E-state index in [0.29, 0.717) is 17.6 Å². The van der Waals surface area contributed by atoms with E-state index in [1.165, 1.54) is 25.7 Å². The van der Waals surface area contributed by atoms with Crippen LogP contribution >= 0.6 is 0 Å². The van der Waals surface area contributed by atoms with Gasteiger partial charge in [-0.3, -0.25) is 0 Å². The summed E-state index contributed by atoms with van der Waals surface area (Å²) < 4.78 is 5.91. The van der Waals surface area contributed by atoms with Gasteiger partial charge in [0.2, 0.25) is 0 Å². The van der Waals surface area contributed by atoms with Gasteiger partial charge in [-0.1, -0.05) is 45.6 Å². The third-order valence-corrected chi connectivity index (χ3v) is 5.89. The fourth-order valence-corrected chi connectivity index (χ4v) is 3.82. The molecule has 2 rings (SSSR count). The first-order chi connectivity index (χ1) is 12.8. The number of aliphatic hydroxyl groups is 1. The zero-order valence-electron chi connectivity index (χ0n) is 17.4. The molecule has 154 valence electrons. The highest BCUT2D eigenvalue weighted by molar-refractivity contribution is 5.42. The van der Waals surface area contributed by atoms with E-state index in [-0.39, 0.29) is 18.5 Å². The highest BCUT2D eigenvalue weighted by Crippen LogP contribution is 2.35. The molecule has 4 N–H and O–H groups in total. The standard InChI is InChI=1S/C23H39NO3/c1-17(2)6-4-7-18(3)27-22-11-10-19(14-21(22)26)12-13-23(24,16-25)15-20-8-5-9-20/h10-11,14,17-18,20,25-26H,4-9,12-13,15-16,24H2,1-3H3/t18?,23-/m0/s1. The number of phenols is 1. The summed E-state index contributed by atoms with van der Waals surface area (Å²) in [4.78, 5) is 0. The maximum Gasteiger partial charge on any atom is 0.161 e. The van der Waals surface area contributed by atoms with Crippen LogP contribution in [0.15, 0.2) is 18.2 Å². The molecule has 0 saturated heterocycles. The predicted molar refractivity (Wildman–Crippen MR) is 111 cm³/mol. The Bertz CT molecular complexity index is 571. The van der Waals surface area contributed by atoms with Crippen molar-refractivity contribution in [2.24, 2.45) is 17.6 Å². The molecule has 1 aliphatic rings. The maximum atomic E-state index is 10.3. The highest BCUT2D eigenvalue weighted by Gasteiger charge is 2.30. The largest absolute Gasteiger partial charge is 0.504 e. The lowest BCUT2D eigenvalue weighted by Crippen LogP contribution is -2.46. The summed E-state index contributed by atoms with van der Waals surface area (Å²) in [6.07, 6.45) is 9.56. The molecular formula is C23H39NO3. The molecule has 0 spiro atoms. The Morgan fingerprint density at radius 1 is 1.22 bits per heavy atom. The second kappa shape index (κ2) is 10.3. The lowest BCUT2D eigenvalue weighted by atomic mass is 9.75. The number of aryl methyl sites for hydroxylation is 1. The minimum Gasteiger partial charge on any atom is -0.504 e. The van der Waals surface area contributed by atoms with Gasteiger partial charge in [-0.05, 0) is 68.6 Å². The van der Waals surface area contributed by atoms with Gasteiger partial charge in [0.25, 0.3) is 0 Å². The van der Waals surface area contributed by atoms with E-state index < -0.39 is 5.54 Å². The number of aliphatic hydroxyl groups excluding tert-OH is 1. The number of phenolic OH excluding ortho intramolecular Hbond substituents is 1. The fraction of sp³-hybridized carbons (Fsp3) is 0.739. The van der Waals surface area contributed by atoms with Crippen molar-refractivity contribution < 1.29 is 14.9 Å². The van der Waals surface area contributed by atoms with E-state index in [2.05, 4.69) is 20.8 Å². The van der Waals surface area contributed by atoms with Crippen LogP contribution in [-0.2, 0) is 6.42 Å². The number of benzene rings is 1. The van der Waals surface area contributed by atoms with Crippen LogP contribution in [0.25, 0.3) is 0 Å². The number of hydrogen-bond donors (Lipinski definition) is 3. The Morgan fingerprint density at radius 3 is 2.52 bits per heavy atom. The van der Waals surface area contributed by atoms with Crippen molar-refractivity contribution in [3.05, 3.63) is 23.8 Å². The SMILES string of the molecule is CC(C)CCCC(C)Oc1ccc(CC[C@@](N)(CO)CC2CCC2)cc1O. The smallest absolute Gasteiger partial charge is 0.161 e. The zero-order chi connectivity index (χ0) is 19.9. The summed E-state index contributed by atoms with van der Waals surface area (Å²) in [5.74, 6) is 2.12. The first-order valence-electron chi connectivity index (χ1n) is 10.7. The van der Waals surface area contributed by atoms with Gasteiger partial charge in [0.05, 0.1) is 12.7 Å². The normalized spacial score (nSPS) is 18.1. The van der Waals surface area contributed by atoms with Crippen molar-refractivity contribution in [1.29, 1.82) is 0 Å². The van der Waals surface area contributed by atoms with Crippen LogP contribution in [0.3, 0.4) is 0 Å². The average Bonchev–Trinajstić information content (AvgIpc) is 2.58. The van der Waals surface area contributed by atoms with Gasteiger partial charge >= 0.3 is 0 Å². The third-order valence-electron chi connectivity index (χ3n) is 5.89. The van der Waals surface area contributed by atoms with Crippen molar-refractivity contribution in [3.8, 4) is 11.5 Å². The van der Waals surface area contributed by atoms with Crippen LogP contribution < -0.4 is 10.5 Å². The molecular weight excluding hydrogens is 338 g/mol. The summed E-state index contributed by atoms with van der Waals surface area (Å²) in [5, 5.41) is 20.1. The third kappa shape index (κ3) is 7.34. The second-order valence-electron chi connectivity index (χ2n) is 9.08. The predicted octanol–water partition coefficient (Wildman–Crippen LogP) is 4.80. The van der Waals surface area contributed by atoms with Gasteiger partial charge in [-0.25, -0.2) is 0 Å². The molecule has 1 fully saturated rings.